The maximum atomic E-state index is 5.50. The Morgan fingerprint density at radius 3 is 2.16 bits per heavy atom. The third kappa shape index (κ3) is 2.39. The van der Waals surface area contributed by atoms with Crippen molar-refractivity contribution in [2.75, 3.05) is 0 Å². The van der Waals surface area contributed by atoms with Crippen molar-refractivity contribution in [2.45, 2.75) is 26.2 Å². The highest BCUT2D eigenvalue weighted by molar-refractivity contribution is 5.47. The molecule has 0 spiro atoms. The van der Waals surface area contributed by atoms with Gasteiger partial charge in [-0.1, -0.05) is 32.9 Å². The van der Waals surface area contributed by atoms with Crippen molar-refractivity contribution in [1.29, 1.82) is 0 Å². The topological polar surface area (TPSA) is 17.8 Å². The Kier molecular flexibility index (Phi) is 3.19. The van der Waals surface area contributed by atoms with Crippen molar-refractivity contribution < 1.29 is 0 Å². The molecule has 19 heavy (non-hydrogen) atoms. The number of hydrogen-bond donors (Lipinski definition) is 0. The molecule has 0 bridgehead atoms. The maximum Gasteiger partial charge on any atom is 0.147 e. The minimum absolute atomic E-state index is 0.131. The summed E-state index contributed by atoms with van der Waals surface area (Å²) in [5.41, 5.74) is 3.49. The minimum Gasteiger partial charge on any atom is -0.291 e. The van der Waals surface area contributed by atoms with Crippen LogP contribution in [0.25, 0.3) is 5.69 Å². The van der Waals surface area contributed by atoms with Crippen molar-refractivity contribution in [3.8, 4) is 30.4 Å². The third-order valence-corrected chi connectivity index (χ3v) is 3.05. The summed E-state index contributed by atoms with van der Waals surface area (Å²) in [6, 6.07) is 8.27. The zero-order valence-corrected chi connectivity index (χ0v) is 11.4. The first-order valence-electron chi connectivity index (χ1n) is 6.09. The third-order valence-electron chi connectivity index (χ3n) is 3.05. The van der Waals surface area contributed by atoms with Gasteiger partial charge in [-0.25, -0.2) is 4.98 Å². The molecule has 94 valence electrons. The summed E-state index contributed by atoms with van der Waals surface area (Å²) in [6.45, 7) is 6.55. The number of aromatic nitrogens is 2. The first-order valence-corrected chi connectivity index (χ1v) is 6.09. The number of hydrogen-bond acceptors (Lipinski definition) is 1. The number of benzene rings is 1. The molecular formula is C17H16N2. The molecule has 2 rings (SSSR count). The fraction of sp³-hybridized carbons (Fsp3) is 0.235. The summed E-state index contributed by atoms with van der Waals surface area (Å²) in [5.74, 6) is 5.09. The number of imidazole rings is 1. The van der Waals surface area contributed by atoms with Crippen molar-refractivity contribution in [3.05, 3.63) is 47.5 Å². The molecule has 0 N–H and O–H groups in total. The summed E-state index contributed by atoms with van der Waals surface area (Å²) < 4.78 is 1.83. The minimum atomic E-state index is 0.131. The molecule has 0 amide bonds. The zero-order chi connectivity index (χ0) is 14.0. The molecule has 0 aliphatic carbocycles. The molecule has 2 nitrogen and oxygen atoms in total. The first kappa shape index (κ1) is 13.0. The van der Waals surface area contributed by atoms with E-state index in [9.17, 15) is 0 Å². The average Bonchev–Trinajstić information content (AvgIpc) is 2.80. The Hall–Kier alpha value is -2.45. The van der Waals surface area contributed by atoms with Crippen LogP contribution >= 0.6 is 0 Å². The Morgan fingerprint density at radius 2 is 1.68 bits per heavy atom. The quantitative estimate of drug-likeness (QED) is 0.709. The van der Waals surface area contributed by atoms with Crippen LogP contribution in [0.4, 0.5) is 0 Å². The van der Waals surface area contributed by atoms with Gasteiger partial charge in [-0.2, -0.15) is 0 Å². The van der Waals surface area contributed by atoms with E-state index >= 15 is 0 Å². The van der Waals surface area contributed by atoms with Crippen LogP contribution in [0.2, 0.25) is 0 Å². The molecular weight excluding hydrogens is 232 g/mol. The first-order chi connectivity index (χ1) is 8.97. The van der Waals surface area contributed by atoms with Gasteiger partial charge in [-0.3, -0.25) is 4.57 Å². The van der Waals surface area contributed by atoms with Crippen LogP contribution in [0.1, 0.15) is 37.7 Å². The lowest BCUT2D eigenvalue weighted by Gasteiger charge is -2.19. The van der Waals surface area contributed by atoms with E-state index in [-0.39, 0.29) is 5.41 Å². The van der Waals surface area contributed by atoms with Gasteiger partial charge >= 0.3 is 0 Å². The van der Waals surface area contributed by atoms with Crippen molar-refractivity contribution in [2.24, 2.45) is 0 Å². The van der Waals surface area contributed by atoms with E-state index in [1.165, 1.54) is 5.56 Å². The second-order valence-electron chi connectivity index (χ2n) is 5.40. The highest BCUT2D eigenvalue weighted by Gasteiger charge is 2.14. The monoisotopic (exact) mass is 248 g/mol. The normalized spacial score (nSPS) is 10.8. The standard InChI is InChI=1S/C17H16N2/c1-6-15-16(7-2)19(12-18-15)14-10-8-13(9-11-14)17(3,4)5/h1-2,8-12H,3-5H3. The molecule has 0 saturated carbocycles. The second-order valence-corrected chi connectivity index (χ2v) is 5.40. The van der Waals surface area contributed by atoms with E-state index < -0.39 is 0 Å². The van der Waals surface area contributed by atoms with Gasteiger partial charge in [0.1, 0.15) is 17.7 Å². The van der Waals surface area contributed by atoms with E-state index in [0.29, 0.717) is 11.4 Å². The van der Waals surface area contributed by atoms with Crippen molar-refractivity contribution in [3.63, 3.8) is 0 Å². The van der Waals surface area contributed by atoms with Crippen LogP contribution < -0.4 is 0 Å². The van der Waals surface area contributed by atoms with E-state index in [0.717, 1.165) is 5.69 Å². The van der Waals surface area contributed by atoms with Crippen molar-refractivity contribution in [1.82, 2.24) is 9.55 Å². The summed E-state index contributed by atoms with van der Waals surface area (Å²) >= 11 is 0. The van der Waals surface area contributed by atoms with Crippen LogP contribution in [0.3, 0.4) is 0 Å². The molecule has 2 aromatic rings. The van der Waals surface area contributed by atoms with E-state index in [1.54, 1.807) is 6.33 Å². The van der Waals surface area contributed by atoms with Gasteiger partial charge in [0, 0.05) is 5.69 Å². The molecule has 0 atom stereocenters. The Balaban J connectivity index is 2.48. The van der Waals surface area contributed by atoms with Gasteiger partial charge in [-0.05, 0) is 35.0 Å². The van der Waals surface area contributed by atoms with Gasteiger partial charge in [0.2, 0.25) is 0 Å². The molecule has 2 heteroatoms. The van der Waals surface area contributed by atoms with Crippen molar-refractivity contribution >= 4 is 0 Å². The molecule has 0 aliphatic rings. The predicted octanol–water partition coefficient (Wildman–Crippen LogP) is 3.13. The van der Waals surface area contributed by atoms with Gasteiger partial charge < -0.3 is 0 Å². The van der Waals surface area contributed by atoms with E-state index in [1.807, 2.05) is 16.7 Å². The van der Waals surface area contributed by atoms with Crippen LogP contribution in [-0.2, 0) is 5.41 Å². The number of nitrogens with zero attached hydrogens (tertiary/aromatic N) is 2. The zero-order valence-electron chi connectivity index (χ0n) is 11.4. The smallest absolute Gasteiger partial charge is 0.147 e. The molecule has 0 radical (unpaired) electrons. The molecule has 0 fully saturated rings. The van der Waals surface area contributed by atoms with Crippen LogP contribution in [-0.4, -0.2) is 9.55 Å². The van der Waals surface area contributed by atoms with Gasteiger partial charge in [0.15, 0.2) is 0 Å². The summed E-state index contributed by atoms with van der Waals surface area (Å²) in [7, 11) is 0. The lowest BCUT2D eigenvalue weighted by Crippen LogP contribution is -2.10. The Morgan fingerprint density at radius 1 is 1.05 bits per heavy atom. The Bertz CT molecular complexity index is 668. The highest BCUT2D eigenvalue weighted by atomic mass is 15.1. The van der Waals surface area contributed by atoms with Crippen LogP contribution in [0, 0.1) is 24.7 Å². The SMILES string of the molecule is C#Cc1ncn(-c2ccc(C(C)(C)C)cc2)c1C#C. The average molecular weight is 248 g/mol. The molecule has 0 aliphatic heterocycles. The predicted molar refractivity (Wildman–Crippen MR) is 78.1 cm³/mol. The number of rotatable bonds is 1. The molecule has 0 saturated heterocycles. The summed E-state index contributed by atoms with van der Waals surface area (Å²) in [5, 5.41) is 0. The van der Waals surface area contributed by atoms with Crippen LogP contribution in [0.5, 0.6) is 0 Å². The summed E-state index contributed by atoms with van der Waals surface area (Å²) in [4.78, 5) is 4.14. The second kappa shape index (κ2) is 4.67. The highest BCUT2D eigenvalue weighted by Crippen LogP contribution is 2.23. The molecule has 1 aromatic carbocycles. The van der Waals surface area contributed by atoms with Crippen LogP contribution in [0.15, 0.2) is 30.6 Å². The molecule has 1 aromatic heterocycles. The Labute approximate surface area is 114 Å². The molecule has 1 heterocycles. The van der Waals surface area contributed by atoms with Gasteiger partial charge in [0.05, 0.1) is 0 Å². The fourth-order valence-electron chi connectivity index (χ4n) is 1.91. The van der Waals surface area contributed by atoms with E-state index in [2.05, 4.69) is 49.7 Å². The molecule has 0 unspecified atom stereocenters. The van der Waals surface area contributed by atoms with Gasteiger partial charge in [-0.15, -0.1) is 12.8 Å². The lowest BCUT2D eigenvalue weighted by molar-refractivity contribution is 0.590. The van der Waals surface area contributed by atoms with Gasteiger partial charge in [0.25, 0.3) is 0 Å². The number of terminal acetylenes is 2. The lowest BCUT2D eigenvalue weighted by atomic mass is 9.87. The van der Waals surface area contributed by atoms with E-state index in [4.69, 9.17) is 12.8 Å². The fourth-order valence-corrected chi connectivity index (χ4v) is 1.91. The largest absolute Gasteiger partial charge is 0.291 e. The summed E-state index contributed by atoms with van der Waals surface area (Å²) in [6.07, 6.45) is 12.5. The maximum absolute atomic E-state index is 5.50.